The van der Waals surface area contributed by atoms with Crippen molar-refractivity contribution in [1.29, 1.82) is 0 Å². The van der Waals surface area contributed by atoms with E-state index in [0.29, 0.717) is 22.6 Å². The van der Waals surface area contributed by atoms with Gasteiger partial charge in [0.15, 0.2) is 16.9 Å². The summed E-state index contributed by atoms with van der Waals surface area (Å²) >= 11 is 0. The predicted molar refractivity (Wildman–Crippen MR) is 79.5 cm³/mol. The van der Waals surface area contributed by atoms with Crippen LogP contribution in [-0.2, 0) is 4.74 Å². The monoisotopic (exact) mass is 304 g/mol. The summed E-state index contributed by atoms with van der Waals surface area (Å²) in [5.41, 5.74) is 0.567. The average molecular weight is 304 g/mol. The molecule has 0 amide bonds. The second-order valence-corrected chi connectivity index (χ2v) is 4.31. The first-order valence-electron chi connectivity index (χ1n) is 6.63. The number of ether oxygens (including phenoxy) is 3. The molecule has 2 aromatic rings. The molecule has 0 saturated heterocycles. The summed E-state index contributed by atoms with van der Waals surface area (Å²) in [7, 11) is 3.04. The van der Waals surface area contributed by atoms with Crippen LogP contribution >= 0.6 is 0 Å². The van der Waals surface area contributed by atoms with Crippen molar-refractivity contribution in [2.24, 2.45) is 0 Å². The van der Waals surface area contributed by atoms with E-state index >= 15 is 0 Å². The van der Waals surface area contributed by atoms with Crippen LogP contribution < -0.4 is 14.9 Å². The molecule has 0 saturated carbocycles. The Balaban J connectivity index is 2.41. The molecule has 0 bridgehead atoms. The second-order valence-electron chi connectivity index (χ2n) is 4.31. The molecule has 0 fully saturated rings. The van der Waals surface area contributed by atoms with Crippen molar-refractivity contribution in [3.05, 3.63) is 46.5 Å². The molecule has 0 unspecified atom stereocenters. The van der Waals surface area contributed by atoms with Crippen LogP contribution in [0.25, 0.3) is 11.1 Å². The predicted octanol–water partition coefficient (Wildman–Crippen LogP) is 2.50. The molecule has 6 nitrogen and oxygen atoms in total. The first-order valence-corrected chi connectivity index (χ1v) is 6.63. The molecule has 0 atom stereocenters. The van der Waals surface area contributed by atoms with Crippen LogP contribution in [-0.4, -0.2) is 26.8 Å². The van der Waals surface area contributed by atoms with Crippen LogP contribution in [0, 0.1) is 0 Å². The summed E-state index contributed by atoms with van der Waals surface area (Å²) in [5.74, 6) is 0.252. The van der Waals surface area contributed by atoms with Crippen LogP contribution in [0.2, 0.25) is 0 Å². The lowest BCUT2D eigenvalue weighted by atomic mass is 10.1. The van der Waals surface area contributed by atoms with Gasteiger partial charge in [-0.1, -0.05) is 6.07 Å². The molecule has 0 radical (unpaired) electrons. The normalized spacial score (nSPS) is 10.1. The van der Waals surface area contributed by atoms with Crippen LogP contribution in [0.1, 0.15) is 17.5 Å². The van der Waals surface area contributed by atoms with Gasteiger partial charge in [0.2, 0.25) is 5.76 Å². The number of hydrogen-bond acceptors (Lipinski definition) is 6. The van der Waals surface area contributed by atoms with E-state index in [-0.39, 0.29) is 17.8 Å². The summed E-state index contributed by atoms with van der Waals surface area (Å²) in [6.07, 6.45) is 1.23. The molecular weight excluding hydrogens is 288 g/mol. The van der Waals surface area contributed by atoms with Gasteiger partial charge >= 0.3 is 5.97 Å². The van der Waals surface area contributed by atoms with Crippen LogP contribution in [0.3, 0.4) is 0 Å². The SMILES string of the molecule is CCOC(=O)c1cc(=O)c(-c2ccc(OC)c(OC)c2)co1. The van der Waals surface area contributed by atoms with E-state index in [9.17, 15) is 9.59 Å². The fraction of sp³-hybridized carbons (Fsp3) is 0.250. The van der Waals surface area contributed by atoms with Gasteiger partial charge in [-0.25, -0.2) is 4.79 Å². The van der Waals surface area contributed by atoms with Gasteiger partial charge in [0, 0.05) is 6.07 Å². The zero-order valence-corrected chi connectivity index (χ0v) is 12.5. The minimum atomic E-state index is -0.668. The highest BCUT2D eigenvalue weighted by Crippen LogP contribution is 2.31. The van der Waals surface area contributed by atoms with Gasteiger partial charge < -0.3 is 18.6 Å². The van der Waals surface area contributed by atoms with Crippen molar-refractivity contribution in [3.63, 3.8) is 0 Å². The summed E-state index contributed by atoms with van der Waals surface area (Å²) in [6, 6.07) is 6.17. The van der Waals surface area contributed by atoms with E-state index in [0.717, 1.165) is 6.07 Å². The quantitative estimate of drug-likeness (QED) is 0.790. The van der Waals surface area contributed by atoms with E-state index in [4.69, 9.17) is 18.6 Å². The van der Waals surface area contributed by atoms with Gasteiger partial charge in [-0.05, 0) is 24.6 Å². The lowest BCUT2D eigenvalue weighted by Crippen LogP contribution is -2.10. The fourth-order valence-corrected chi connectivity index (χ4v) is 1.93. The second kappa shape index (κ2) is 6.80. The first-order chi connectivity index (χ1) is 10.6. The Bertz CT molecular complexity index is 732. The highest BCUT2D eigenvalue weighted by atomic mass is 16.5. The highest BCUT2D eigenvalue weighted by Gasteiger charge is 2.14. The zero-order valence-electron chi connectivity index (χ0n) is 12.5. The number of carbonyl (C=O) groups excluding carboxylic acids is 1. The topological polar surface area (TPSA) is 75.0 Å². The number of esters is 1. The molecular formula is C16H16O6. The summed E-state index contributed by atoms with van der Waals surface area (Å²) in [6.45, 7) is 1.88. The van der Waals surface area contributed by atoms with Gasteiger partial charge in [0.05, 0.1) is 26.4 Å². The van der Waals surface area contributed by atoms with E-state index in [1.165, 1.54) is 20.5 Å². The Morgan fingerprint density at radius 1 is 1.14 bits per heavy atom. The van der Waals surface area contributed by atoms with Gasteiger partial charge in [-0.2, -0.15) is 0 Å². The van der Waals surface area contributed by atoms with E-state index in [2.05, 4.69) is 0 Å². The maximum Gasteiger partial charge on any atom is 0.374 e. The molecule has 0 aliphatic rings. The summed E-state index contributed by atoms with van der Waals surface area (Å²) in [4.78, 5) is 23.7. The minimum Gasteiger partial charge on any atom is -0.493 e. The molecule has 6 heteroatoms. The van der Waals surface area contributed by atoms with Crippen LogP contribution in [0.4, 0.5) is 0 Å². The molecule has 2 rings (SSSR count). The summed E-state index contributed by atoms with van der Waals surface area (Å²) < 4.78 is 20.3. The number of carbonyl (C=O) groups is 1. The van der Waals surface area contributed by atoms with Gasteiger partial charge in [-0.15, -0.1) is 0 Å². The van der Waals surface area contributed by atoms with Crippen molar-refractivity contribution in [2.45, 2.75) is 6.92 Å². The molecule has 1 heterocycles. The summed E-state index contributed by atoms with van der Waals surface area (Å²) in [5, 5.41) is 0. The zero-order chi connectivity index (χ0) is 16.1. The van der Waals surface area contributed by atoms with E-state index in [1.54, 1.807) is 25.1 Å². The van der Waals surface area contributed by atoms with Crippen molar-refractivity contribution in [3.8, 4) is 22.6 Å². The fourth-order valence-electron chi connectivity index (χ4n) is 1.93. The van der Waals surface area contributed by atoms with Crippen molar-refractivity contribution in [2.75, 3.05) is 20.8 Å². The highest BCUT2D eigenvalue weighted by molar-refractivity contribution is 5.86. The molecule has 0 aliphatic carbocycles. The molecule has 0 spiro atoms. The Labute approximate surface area is 127 Å². The molecule has 116 valence electrons. The largest absolute Gasteiger partial charge is 0.493 e. The maximum absolute atomic E-state index is 12.2. The average Bonchev–Trinajstić information content (AvgIpc) is 2.54. The van der Waals surface area contributed by atoms with Gasteiger partial charge in [0.25, 0.3) is 0 Å². The standard InChI is InChI=1S/C16H16O6/c1-4-21-16(18)15-8-12(17)11(9-22-15)10-5-6-13(19-2)14(7-10)20-3/h5-9H,4H2,1-3H3. The Kier molecular flexibility index (Phi) is 4.83. The van der Waals surface area contributed by atoms with Crippen molar-refractivity contribution < 1.29 is 23.4 Å². The molecule has 0 N–H and O–H groups in total. The lowest BCUT2D eigenvalue weighted by Gasteiger charge is -2.09. The third kappa shape index (κ3) is 3.11. The molecule has 1 aromatic heterocycles. The van der Waals surface area contributed by atoms with Crippen LogP contribution in [0.15, 0.2) is 39.7 Å². The molecule has 22 heavy (non-hydrogen) atoms. The Morgan fingerprint density at radius 2 is 1.86 bits per heavy atom. The maximum atomic E-state index is 12.2. The van der Waals surface area contributed by atoms with Crippen LogP contribution in [0.5, 0.6) is 11.5 Å². The number of methoxy groups -OCH3 is 2. The third-order valence-corrected chi connectivity index (χ3v) is 3.00. The molecule has 0 aliphatic heterocycles. The number of rotatable bonds is 5. The smallest absolute Gasteiger partial charge is 0.374 e. The van der Waals surface area contributed by atoms with Crippen molar-refractivity contribution in [1.82, 2.24) is 0 Å². The Morgan fingerprint density at radius 3 is 2.45 bits per heavy atom. The van der Waals surface area contributed by atoms with E-state index in [1.807, 2.05) is 0 Å². The van der Waals surface area contributed by atoms with Gasteiger partial charge in [-0.3, -0.25) is 4.79 Å². The van der Waals surface area contributed by atoms with Crippen molar-refractivity contribution >= 4 is 5.97 Å². The minimum absolute atomic E-state index is 0.129. The lowest BCUT2D eigenvalue weighted by molar-refractivity contribution is 0.0487. The number of hydrogen-bond donors (Lipinski definition) is 0. The third-order valence-electron chi connectivity index (χ3n) is 3.00. The van der Waals surface area contributed by atoms with E-state index < -0.39 is 5.97 Å². The molecule has 1 aromatic carbocycles. The number of benzene rings is 1. The first kappa shape index (κ1) is 15.6. The Hall–Kier alpha value is -2.76. The van der Waals surface area contributed by atoms with Gasteiger partial charge in [0.1, 0.15) is 6.26 Å².